The number of hydrogen-bond donors (Lipinski definition) is 1. The molecular weight excluding hydrogens is 258 g/mol. The molecule has 0 bridgehead atoms. The van der Waals surface area contributed by atoms with E-state index in [0.717, 1.165) is 31.0 Å². The minimum absolute atomic E-state index is 0.514. The van der Waals surface area contributed by atoms with E-state index in [1.165, 1.54) is 11.1 Å². The van der Waals surface area contributed by atoms with Crippen LogP contribution in [0.4, 0.5) is 0 Å². The van der Waals surface area contributed by atoms with Crippen LogP contribution in [0, 0.1) is 0 Å². The zero-order valence-electron chi connectivity index (χ0n) is 13.2. The summed E-state index contributed by atoms with van der Waals surface area (Å²) in [4.78, 5) is 0. The van der Waals surface area contributed by atoms with Crippen molar-refractivity contribution in [1.29, 1.82) is 0 Å². The number of nitrogens with one attached hydrogen (secondary N) is 1. The summed E-state index contributed by atoms with van der Waals surface area (Å²) in [5.74, 6) is 2.30. The fourth-order valence-corrected chi connectivity index (χ4v) is 2.16. The van der Waals surface area contributed by atoms with Gasteiger partial charge in [-0.3, -0.25) is 0 Å². The molecule has 0 amide bonds. The molecule has 0 unspecified atom stereocenters. The van der Waals surface area contributed by atoms with E-state index in [4.69, 9.17) is 4.74 Å². The largest absolute Gasteiger partial charge is 0.457 e. The van der Waals surface area contributed by atoms with Gasteiger partial charge in [0, 0.05) is 6.54 Å². The van der Waals surface area contributed by atoms with Crippen LogP contribution in [-0.2, 0) is 6.54 Å². The predicted octanol–water partition coefficient (Wildman–Crippen LogP) is 5.10. The highest BCUT2D eigenvalue weighted by atomic mass is 16.5. The van der Waals surface area contributed by atoms with E-state index in [0.29, 0.717) is 5.92 Å². The second kappa shape index (κ2) is 7.84. The Morgan fingerprint density at radius 1 is 1.00 bits per heavy atom. The lowest BCUT2D eigenvalue weighted by Gasteiger charge is -2.10. The Labute approximate surface area is 128 Å². The van der Waals surface area contributed by atoms with Crippen molar-refractivity contribution in [2.75, 3.05) is 6.54 Å². The zero-order chi connectivity index (χ0) is 15.1. The third-order valence-corrected chi connectivity index (χ3v) is 3.44. The van der Waals surface area contributed by atoms with Crippen molar-refractivity contribution in [3.63, 3.8) is 0 Å². The topological polar surface area (TPSA) is 21.3 Å². The maximum atomic E-state index is 5.93. The van der Waals surface area contributed by atoms with Crippen molar-refractivity contribution in [2.24, 2.45) is 0 Å². The minimum atomic E-state index is 0.514. The number of ether oxygens (including phenoxy) is 1. The van der Waals surface area contributed by atoms with Gasteiger partial charge in [0.1, 0.15) is 11.5 Å². The molecule has 2 rings (SSSR count). The monoisotopic (exact) mass is 283 g/mol. The van der Waals surface area contributed by atoms with Crippen LogP contribution in [0.3, 0.4) is 0 Å². The molecule has 2 aromatic carbocycles. The maximum absolute atomic E-state index is 5.93. The predicted molar refractivity (Wildman–Crippen MR) is 89.0 cm³/mol. The standard InChI is InChI=1S/C19H25NO/c1-4-12-20-14-16-8-10-18(11-9-16)21-19-7-5-6-17(13-19)15(2)3/h5-11,13,15,20H,4,12,14H2,1-3H3. The van der Waals surface area contributed by atoms with Gasteiger partial charge in [0.25, 0.3) is 0 Å². The molecule has 0 heterocycles. The van der Waals surface area contributed by atoms with Crippen molar-refractivity contribution in [2.45, 2.75) is 39.7 Å². The molecule has 0 aliphatic carbocycles. The average molecular weight is 283 g/mol. The summed E-state index contributed by atoms with van der Waals surface area (Å²) >= 11 is 0. The summed E-state index contributed by atoms with van der Waals surface area (Å²) in [6.07, 6.45) is 1.16. The zero-order valence-corrected chi connectivity index (χ0v) is 13.2. The lowest BCUT2D eigenvalue weighted by Crippen LogP contribution is -2.13. The molecule has 0 saturated carbocycles. The quantitative estimate of drug-likeness (QED) is 0.714. The highest BCUT2D eigenvalue weighted by Crippen LogP contribution is 2.25. The third-order valence-electron chi connectivity index (χ3n) is 3.44. The molecule has 112 valence electrons. The second-order valence-corrected chi connectivity index (χ2v) is 5.65. The van der Waals surface area contributed by atoms with E-state index in [1.807, 2.05) is 24.3 Å². The molecule has 0 aliphatic heterocycles. The van der Waals surface area contributed by atoms with Crippen LogP contribution in [0.5, 0.6) is 11.5 Å². The molecule has 2 heteroatoms. The van der Waals surface area contributed by atoms with Gasteiger partial charge in [-0.2, -0.15) is 0 Å². The molecule has 0 aliphatic rings. The first-order valence-electron chi connectivity index (χ1n) is 7.76. The summed E-state index contributed by atoms with van der Waals surface area (Å²) in [5.41, 5.74) is 2.58. The maximum Gasteiger partial charge on any atom is 0.127 e. The van der Waals surface area contributed by atoms with E-state index < -0.39 is 0 Å². The first kappa shape index (κ1) is 15.6. The van der Waals surface area contributed by atoms with Gasteiger partial charge in [0.05, 0.1) is 0 Å². The van der Waals surface area contributed by atoms with Crippen LogP contribution >= 0.6 is 0 Å². The van der Waals surface area contributed by atoms with Crippen LogP contribution < -0.4 is 10.1 Å². The molecular formula is C19H25NO. The lowest BCUT2D eigenvalue weighted by molar-refractivity contribution is 0.481. The number of hydrogen-bond acceptors (Lipinski definition) is 2. The molecule has 0 radical (unpaired) electrons. The summed E-state index contributed by atoms with van der Waals surface area (Å²) in [6.45, 7) is 8.53. The molecule has 0 spiro atoms. The molecule has 0 fully saturated rings. The van der Waals surface area contributed by atoms with Crippen LogP contribution in [0.15, 0.2) is 48.5 Å². The van der Waals surface area contributed by atoms with Crippen molar-refractivity contribution in [3.05, 3.63) is 59.7 Å². The van der Waals surface area contributed by atoms with Gasteiger partial charge in [-0.1, -0.05) is 45.0 Å². The Kier molecular flexibility index (Phi) is 5.82. The van der Waals surface area contributed by atoms with Crippen molar-refractivity contribution in [3.8, 4) is 11.5 Å². The number of benzene rings is 2. The second-order valence-electron chi connectivity index (χ2n) is 5.65. The Morgan fingerprint density at radius 2 is 1.76 bits per heavy atom. The third kappa shape index (κ3) is 4.91. The lowest BCUT2D eigenvalue weighted by atomic mass is 10.0. The Bertz CT molecular complexity index is 546. The summed E-state index contributed by atoms with van der Waals surface area (Å²) in [7, 11) is 0. The van der Waals surface area contributed by atoms with Gasteiger partial charge >= 0.3 is 0 Å². The van der Waals surface area contributed by atoms with Crippen molar-refractivity contribution in [1.82, 2.24) is 5.32 Å². The summed E-state index contributed by atoms with van der Waals surface area (Å²) < 4.78 is 5.93. The molecule has 0 saturated heterocycles. The molecule has 0 aromatic heterocycles. The van der Waals surface area contributed by atoms with Gasteiger partial charge < -0.3 is 10.1 Å². The van der Waals surface area contributed by atoms with E-state index in [9.17, 15) is 0 Å². The van der Waals surface area contributed by atoms with E-state index >= 15 is 0 Å². The van der Waals surface area contributed by atoms with Crippen LogP contribution in [0.2, 0.25) is 0 Å². The van der Waals surface area contributed by atoms with Gasteiger partial charge in [-0.05, 0) is 54.3 Å². The van der Waals surface area contributed by atoms with Crippen LogP contribution in [0.25, 0.3) is 0 Å². The average Bonchev–Trinajstić information content (AvgIpc) is 2.49. The van der Waals surface area contributed by atoms with Crippen molar-refractivity contribution < 1.29 is 4.74 Å². The molecule has 21 heavy (non-hydrogen) atoms. The smallest absolute Gasteiger partial charge is 0.127 e. The van der Waals surface area contributed by atoms with Crippen LogP contribution in [0.1, 0.15) is 44.2 Å². The van der Waals surface area contributed by atoms with E-state index in [1.54, 1.807) is 0 Å². The number of rotatable bonds is 7. The SMILES string of the molecule is CCCNCc1ccc(Oc2cccc(C(C)C)c2)cc1. The van der Waals surface area contributed by atoms with Gasteiger partial charge in [0.15, 0.2) is 0 Å². The van der Waals surface area contributed by atoms with E-state index in [2.05, 4.69) is 50.4 Å². The van der Waals surface area contributed by atoms with Crippen LogP contribution in [-0.4, -0.2) is 6.54 Å². The molecule has 0 atom stereocenters. The normalized spacial score (nSPS) is 10.9. The fourth-order valence-electron chi connectivity index (χ4n) is 2.16. The Morgan fingerprint density at radius 3 is 2.43 bits per heavy atom. The first-order chi connectivity index (χ1) is 10.2. The van der Waals surface area contributed by atoms with Crippen molar-refractivity contribution >= 4 is 0 Å². The molecule has 2 aromatic rings. The molecule has 1 N–H and O–H groups in total. The van der Waals surface area contributed by atoms with E-state index in [-0.39, 0.29) is 0 Å². The highest BCUT2D eigenvalue weighted by Gasteiger charge is 2.02. The summed E-state index contributed by atoms with van der Waals surface area (Å²) in [5, 5.41) is 3.40. The van der Waals surface area contributed by atoms with Gasteiger partial charge in [-0.15, -0.1) is 0 Å². The minimum Gasteiger partial charge on any atom is -0.457 e. The Hall–Kier alpha value is -1.80. The Balaban J connectivity index is 1.98. The summed E-state index contributed by atoms with van der Waals surface area (Å²) in [6, 6.07) is 16.6. The fraction of sp³-hybridized carbons (Fsp3) is 0.368. The van der Waals surface area contributed by atoms with Gasteiger partial charge in [0.2, 0.25) is 0 Å². The van der Waals surface area contributed by atoms with Gasteiger partial charge in [-0.25, -0.2) is 0 Å². The first-order valence-corrected chi connectivity index (χ1v) is 7.76. The highest BCUT2D eigenvalue weighted by molar-refractivity contribution is 5.36. The molecule has 2 nitrogen and oxygen atoms in total.